The average molecular weight is 587 g/mol. The molecule has 1 fully saturated rings. The summed E-state index contributed by atoms with van der Waals surface area (Å²) in [6.45, 7) is 11.3. The maximum absolute atomic E-state index is 12.3. The summed E-state index contributed by atoms with van der Waals surface area (Å²) in [6.07, 6.45) is 8.45. The molecule has 2 aliphatic rings. The lowest BCUT2D eigenvalue weighted by atomic mass is 10.00. The van der Waals surface area contributed by atoms with Gasteiger partial charge in [0.25, 0.3) is 5.91 Å². The number of carbonyl (C=O) groups excluding carboxylic acids is 2. The van der Waals surface area contributed by atoms with Crippen molar-refractivity contribution in [3.63, 3.8) is 0 Å². The van der Waals surface area contributed by atoms with Gasteiger partial charge in [0.05, 0.1) is 11.6 Å². The second kappa shape index (κ2) is 12.6. The zero-order valence-electron chi connectivity index (χ0n) is 25.4. The first-order chi connectivity index (χ1) is 20.4. The number of rotatable bonds is 10. The normalized spacial score (nSPS) is 19.8. The van der Waals surface area contributed by atoms with Gasteiger partial charge in [-0.15, -0.1) is 0 Å². The molecule has 1 unspecified atom stereocenters. The molecule has 0 aromatic carbocycles. The average Bonchev–Trinajstić information content (AvgIpc) is 3.59. The van der Waals surface area contributed by atoms with Gasteiger partial charge < -0.3 is 25.5 Å². The fourth-order valence-electron chi connectivity index (χ4n) is 5.77. The SMILES string of the molecule is C/C=C1/C(=C/c2[nH]c(/C=c3\[nH]/c(=C\C4=NC(=O)C(CC)=C4C)c(C)c3CCC(=O)O)c(CCC(=O)O)c2C)NC(=O)C1C. The smallest absolute Gasteiger partial charge is 0.303 e. The maximum atomic E-state index is 12.3. The first-order valence-electron chi connectivity index (χ1n) is 14.4. The summed E-state index contributed by atoms with van der Waals surface area (Å²) in [5.41, 5.74) is 8.40. The van der Waals surface area contributed by atoms with Gasteiger partial charge in [-0.25, -0.2) is 4.99 Å². The Hall–Kier alpha value is -4.73. The molecule has 0 aliphatic carbocycles. The van der Waals surface area contributed by atoms with Crippen LogP contribution in [0.25, 0.3) is 18.2 Å². The van der Waals surface area contributed by atoms with E-state index < -0.39 is 11.9 Å². The number of aliphatic carboxylic acids is 2. The first kappa shape index (κ1) is 31.2. The van der Waals surface area contributed by atoms with E-state index in [0.717, 1.165) is 39.1 Å². The van der Waals surface area contributed by atoms with Gasteiger partial charge in [-0.3, -0.25) is 19.2 Å². The van der Waals surface area contributed by atoms with Gasteiger partial charge in [-0.05, 0) is 106 Å². The number of carboxylic acids is 2. The molecular weight excluding hydrogens is 548 g/mol. The Balaban J connectivity index is 1.91. The molecule has 1 atom stereocenters. The summed E-state index contributed by atoms with van der Waals surface area (Å²) in [6, 6.07) is 0. The Morgan fingerprint density at radius 3 is 2.12 bits per heavy atom. The summed E-state index contributed by atoms with van der Waals surface area (Å²) in [7, 11) is 0. The standard InChI is InChI=1S/C33H38N4O6/c1-7-20-19(6)32(42)37-27(20)14-25-18(5)23(10-12-31(40)41)29(35-25)15-28-22(9-11-30(38)39)17(4)24(34-28)13-26-16(3)21(8-2)33(43)36-26/h7,13-15,19,34-35H,8-12H2,1-6H3,(H,37,42)(H,38,39)(H,40,41)/b20-7+,24-13-,27-14-,28-15-. The van der Waals surface area contributed by atoms with E-state index in [1.165, 1.54) is 0 Å². The van der Waals surface area contributed by atoms with Crippen molar-refractivity contribution in [1.82, 2.24) is 15.3 Å². The Bertz CT molecular complexity index is 1780. The first-order valence-corrected chi connectivity index (χ1v) is 14.4. The van der Waals surface area contributed by atoms with Crippen LogP contribution in [0.4, 0.5) is 0 Å². The monoisotopic (exact) mass is 586 g/mol. The molecule has 10 heteroatoms. The lowest BCUT2D eigenvalue weighted by Gasteiger charge is -2.03. The number of carbonyl (C=O) groups is 4. The molecule has 1 saturated heterocycles. The number of hydrogen-bond donors (Lipinski definition) is 5. The predicted molar refractivity (Wildman–Crippen MR) is 165 cm³/mol. The molecule has 0 saturated carbocycles. The van der Waals surface area contributed by atoms with Crippen molar-refractivity contribution in [1.29, 1.82) is 0 Å². The molecule has 0 radical (unpaired) electrons. The zero-order chi connectivity index (χ0) is 31.6. The molecule has 2 amide bonds. The van der Waals surface area contributed by atoms with E-state index in [9.17, 15) is 29.4 Å². The lowest BCUT2D eigenvalue weighted by Crippen LogP contribution is -2.16. The molecule has 2 aromatic heterocycles. The van der Waals surface area contributed by atoms with Crippen LogP contribution in [0.1, 0.15) is 80.6 Å². The predicted octanol–water partition coefficient (Wildman–Crippen LogP) is 3.36. The van der Waals surface area contributed by atoms with Crippen LogP contribution in [0.15, 0.2) is 33.5 Å². The maximum Gasteiger partial charge on any atom is 0.303 e. The van der Waals surface area contributed by atoms with Crippen LogP contribution in [0.5, 0.6) is 0 Å². The van der Waals surface area contributed by atoms with E-state index in [1.807, 2.05) is 65.8 Å². The van der Waals surface area contributed by atoms with E-state index in [-0.39, 0.29) is 43.4 Å². The van der Waals surface area contributed by atoms with Crippen LogP contribution < -0.4 is 16.0 Å². The van der Waals surface area contributed by atoms with Crippen molar-refractivity contribution < 1.29 is 29.4 Å². The highest BCUT2D eigenvalue weighted by molar-refractivity contribution is 6.30. The minimum absolute atomic E-state index is 0.0721. The highest BCUT2D eigenvalue weighted by atomic mass is 16.4. The van der Waals surface area contributed by atoms with Gasteiger partial charge in [0.2, 0.25) is 5.91 Å². The third-order valence-corrected chi connectivity index (χ3v) is 8.35. The molecule has 43 heavy (non-hydrogen) atoms. The number of carboxylic acid groups (broad SMARTS) is 2. The van der Waals surface area contributed by atoms with Crippen LogP contribution in [-0.4, -0.2) is 49.6 Å². The molecule has 5 N–H and O–H groups in total. The Morgan fingerprint density at radius 2 is 1.53 bits per heavy atom. The number of allylic oxidation sites excluding steroid dienone is 3. The van der Waals surface area contributed by atoms with Crippen molar-refractivity contribution in [2.75, 3.05) is 0 Å². The van der Waals surface area contributed by atoms with E-state index in [2.05, 4.69) is 20.3 Å². The summed E-state index contributed by atoms with van der Waals surface area (Å²) in [5.74, 6) is -2.44. The summed E-state index contributed by atoms with van der Waals surface area (Å²) < 4.78 is 0. The lowest BCUT2D eigenvalue weighted by molar-refractivity contribution is -0.138. The number of aromatic nitrogens is 2. The van der Waals surface area contributed by atoms with Gasteiger partial charge in [0.15, 0.2) is 0 Å². The summed E-state index contributed by atoms with van der Waals surface area (Å²) in [5, 5.41) is 23.2. The van der Waals surface area contributed by atoms with E-state index in [1.54, 1.807) is 0 Å². The van der Waals surface area contributed by atoms with Crippen LogP contribution in [0.2, 0.25) is 0 Å². The van der Waals surface area contributed by atoms with Crippen molar-refractivity contribution in [2.24, 2.45) is 10.9 Å². The van der Waals surface area contributed by atoms with Crippen LogP contribution in [0.3, 0.4) is 0 Å². The van der Waals surface area contributed by atoms with Gasteiger partial charge in [-0.1, -0.05) is 13.0 Å². The fourth-order valence-corrected chi connectivity index (χ4v) is 5.77. The number of aliphatic imine (C=N–C) groups is 1. The van der Waals surface area contributed by atoms with Gasteiger partial charge in [0.1, 0.15) is 0 Å². The third kappa shape index (κ3) is 6.38. The largest absolute Gasteiger partial charge is 0.481 e. The van der Waals surface area contributed by atoms with Crippen LogP contribution in [-0.2, 0) is 32.0 Å². The number of aromatic amines is 2. The molecule has 2 aromatic rings. The molecule has 4 rings (SSSR count). The summed E-state index contributed by atoms with van der Waals surface area (Å²) >= 11 is 0. The summed E-state index contributed by atoms with van der Waals surface area (Å²) in [4.78, 5) is 58.8. The third-order valence-electron chi connectivity index (χ3n) is 8.35. The van der Waals surface area contributed by atoms with Crippen molar-refractivity contribution in [2.45, 2.75) is 73.6 Å². The van der Waals surface area contributed by atoms with Gasteiger partial charge >= 0.3 is 11.9 Å². The Labute approximate surface area is 249 Å². The molecule has 226 valence electrons. The molecule has 4 heterocycles. The fraction of sp³-hybridized carbons (Fsp3) is 0.364. The molecular formula is C33H38N4O6. The Kier molecular flexibility index (Phi) is 9.18. The zero-order valence-corrected chi connectivity index (χ0v) is 25.4. The molecule has 10 nitrogen and oxygen atoms in total. The molecule has 2 aliphatic heterocycles. The van der Waals surface area contributed by atoms with Crippen molar-refractivity contribution in [3.05, 3.63) is 72.8 Å². The van der Waals surface area contributed by atoms with Crippen molar-refractivity contribution in [3.8, 4) is 0 Å². The number of hydrogen-bond acceptors (Lipinski definition) is 4. The van der Waals surface area contributed by atoms with Gasteiger partial charge in [-0.2, -0.15) is 0 Å². The van der Waals surface area contributed by atoms with E-state index in [4.69, 9.17) is 0 Å². The second-order valence-electron chi connectivity index (χ2n) is 11.0. The molecule has 0 spiro atoms. The van der Waals surface area contributed by atoms with Crippen LogP contribution >= 0.6 is 0 Å². The minimum atomic E-state index is -0.923. The highest BCUT2D eigenvalue weighted by Gasteiger charge is 2.29. The quantitative estimate of drug-likeness (QED) is 0.286. The second-order valence-corrected chi connectivity index (χ2v) is 11.0. The van der Waals surface area contributed by atoms with E-state index in [0.29, 0.717) is 39.8 Å². The number of H-pyrrole nitrogens is 2. The topological polar surface area (TPSA) is 165 Å². The molecule has 0 bridgehead atoms. The number of nitrogens with zero attached hydrogens (tertiary/aromatic N) is 1. The van der Waals surface area contributed by atoms with E-state index >= 15 is 0 Å². The minimum Gasteiger partial charge on any atom is -0.481 e. The van der Waals surface area contributed by atoms with Gasteiger partial charge in [0, 0.05) is 46.2 Å². The number of nitrogens with one attached hydrogen (secondary N) is 3. The van der Waals surface area contributed by atoms with Crippen molar-refractivity contribution >= 4 is 47.7 Å². The number of amides is 2. The van der Waals surface area contributed by atoms with Crippen LogP contribution in [0, 0.1) is 19.8 Å². The Morgan fingerprint density at radius 1 is 0.884 bits per heavy atom. The highest BCUT2D eigenvalue weighted by Crippen LogP contribution is 2.29.